The standard InChI is InChI=1S/C18H28O9/c19-9-13-15(23)16(24)17(25)18(27-13)26-7-3-1-2-4-11-10(8-14(21)22)5-6-12(11)20/h1-2,10-11,13,15-19,23-25H,3-9H2,(H,21,22)/b2-1-/t10-,11-,13+,15-,16-,17+,18+/m1/s1. The van der Waals surface area contributed by atoms with E-state index in [2.05, 4.69) is 0 Å². The summed E-state index contributed by atoms with van der Waals surface area (Å²) in [7, 11) is 0. The Hall–Kier alpha value is -1.36. The van der Waals surface area contributed by atoms with Gasteiger partial charge in [-0.15, -0.1) is 0 Å². The first-order valence-corrected chi connectivity index (χ1v) is 9.16. The van der Waals surface area contributed by atoms with E-state index in [9.17, 15) is 24.9 Å². The van der Waals surface area contributed by atoms with Crippen LogP contribution in [0.4, 0.5) is 0 Å². The molecular weight excluding hydrogens is 360 g/mol. The molecule has 2 aliphatic rings. The second-order valence-corrected chi connectivity index (χ2v) is 7.03. The highest BCUT2D eigenvalue weighted by Crippen LogP contribution is 2.34. The van der Waals surface area contributed by atoms with Gasteiger partial charge in [0.25, 0.3) is 0 Å². The van der Waals surface area contributed by atoms with Gasteiger partial charge in [-0.2, -0.15) is 0 Å². The Morgan fingerprint density at radius 3 is 2.59 bits per heavy atom. The summed E-state index contributed by atoms with van der Waals surface area (Å²) in [5.41, 5.74) is 0. The minimum atomic E-state index is -1.48. The molecule has 1 heterocycles. The van der Waals surface area contributed by atoms with E-state index in [4.69, 9.17) is 19.7 Å². The predicted octanol–water partition coefficient (Wildman–Crippen LogP) is -0.791. The van der Waals surface area contributed by atoms with E-state index in [1.807, 2.05) is 6.08 Å². The first kappa shape index (κ1) is 21.9. The van der Waals surface area contributed by atoms with Gasteiger partial charge in [-0.1, -0.05) is 12.2 Å². The lowest BCUT2D eigenvalue weighted by Crippen LogP contribution is -2.59. The number of ether oxygens (including phenoxy) is 2. The summed E-state index contributed by atoms with van der Waals surface area (Å²) in [6, 6.07) is 0. The molecule has 1 saturated carbocycles. The van der Waals surface area contributed by atoms with Crippen molar-refractivity contribution in [2.45, 2.75) is 62.8 Å². The number of rotatable bonds is 9. The normalized spacial score (nSPS) is 37.2. The van der Waals surface area contributed by atoms with Gasteiger partial charge in [0.2, 0.25) is 0 Å². The van der Waals surface area contributed by atoms with Gasteiger partial charge in [0.05, 0.1) is 13.2 Å². The van der Waals surface area contributed by atoms with Crippen LogP contribution >= 0.6 is 0 Å². The molecule has 0 spiro atoms. The van der Waals surface area contributed by atoms with Crippen molar-refractivity contribution in [1.29, 1.82) is 0 Å². The van der Waals surface area contributed by atoms with Gasteiger partial charge in [0.1, 0.15) is 30.2 Å². The Kier molecular flexibility index (Phi) is 8.33. The summed E-state index contributed by atoms with van der Waals surface area (Å²) in [4.78, 5) is 22.7. The number of aliphatic carboxylic acids is 1. The molecule has 1 aliphatic heterocycles. The van der Waals surface area contributed by atoms with Gasteiger partial charge in [0, 0.05) is 18.8 Å². The van der Waals surface area contributed by atoms with E-state index in [-0.39, 0.29) is 30.6 Å². The predicted molar refractivity (Wildman–Crippen MR) is 91.6 cm³/mol. The molecule has 9 nitrogen and oxygen atoms in total. The molecule has 154 valence electrons. The molecule has 0 amide bonds. The molecule has 9 heteroatoms. The number of carboxylic acid groups (broad SMARTS) is 1. The fourth-order valence-corrected chi connectivity index (χ4v) is 3.59. The van der Waals surface area contributed by atoms with E-state index in [1.54, 1.807) is 6.08 Å². The third-order valence-corrected chi connectivity index (χ3v) is 5.15. The quantitative estimate of drug-likeness (QED) is 0.252. The molecule has 1 aliphatic carbocycles. The Morgan fingerprint density at radius 1 is 1.19 bits per heavy atom. The number of allylic oxidation sites excluding steroid dienone is 1. The molecule has 0 aromatic heterocycles. The number of carboxylic acids is 1. The highest BCUT2D eigenvalue weighted by atomic mass is 16.7. The van der Waals surface area contributed by atoms with E-state index in [0.717, 1.165) is 0 Å². The minimum absolute atomic E-state index is 0.00443. The third kappa shape index (κ3) is 5.81. The van der Waals surface area contributed by atoms with Crippen LogP contribution in [0.1, 0.15) is 32.1 Å². The van der Waals surface area contributed by atoms with Crippen molar-refractivity contribution < 1.29 is 44.6 Å². The average Bonchev–Trinajstić information content (AvgIpc) is 2.96. The lowest BCUT2D eigenvalue weighted by molar-refractivity contribution is -0.300. The lowest BCUT2D eigenvalue weighted by Gasteiger charge is -2.39. The molecule has 27 heavy (non-hydrogen) atoms. The fraction of sp³-hybridized carbons (Fsp3) is 0.778. The SMILES string of the molecule is O=C(O)C[C@H]1CCC(=O)[C@@H]1C/C=C\CCO[C@H]1O[C@@H](CO)[C@@H](O)[C@@H](O)[C@@H]1O. The van der Waals surface area contributed by atoms with Crippen LogP contribution in [0.15, 0.2) is 12.2 Å². The number of carbonyl (C=O) groups is 2. The fourth-order valence-electron chi connectivity index (χ4n) is 3.59. The summed E-state index contributed by atoms with van der Waals surface area (Å²) < 4.78 is 10.6. The van der Waals surface area contributed by atoms with Crippen molar-refractivity contribution >= 4 is 11.8 Å². The van der Waals surface area contributed by atoms with Gasteiger partial charge in [-0.25, -0.2) is 0 Å². The Morgan fingerprint density at radius 2 is 1.93 bits per heavy atom. The van der Waals surface area contributed by atoms with Crippen LogP contribution in [0.25, 0.3) is 0 Å². The monoisotopic (exact) mass is 388 g/mol. The summed E-state index contributed by atoms with van der Waals surface area (Å²) >= 11 is 0. The van der Waals surface area contributed by atoms with E-state index >= 15 is 0 Å². The second-order valence-electron chi connectivity index (χ2n) is 7.03. The molecule has 2 rings (SSSR count). The van der Waals surface area contributed by atoms with Gasteiger partial charge in [0.15, 0.2) is 6.29 Å². The largest absolute Gasteiger partial charge is 0.481 e. The van der Waals surface area contributed by atoms with Gasteiger partial charge in [-0.3, -0.25) is 9.59 Å². The zero-order valence-electron chi connectivity index (χ0n) is 15.0. The molecule has 0 aromatic carbocycles. The smallest absolute Gasteiger partial charge is 0.303 e. The maximum atomic E-state index is 11.9. The molecular formula is C18H28O9. The molecule has 2 fully saturated rings. The number of aliphatic hydroxyl groups excluding tert-OH is 4. The summed E-state index contributed by atoms with van der Waals surface area (Å²) in [6.07, 6.45) is -0.898. The molecule has 1 saturated heterocycles. The minimum Gasteiger partial charge on any atom is -0.481 e. The van der Waals surface area contributed by atoms with Crippen molar-refractivity contribution in [2.24, 2.45) is 11.8 Å². The van der Waals surface area contributed by atoms with Crippen molar-refractivity contribution in [2.75, 3.05) is 13.2 Å². The first-order valence-electron chi connectivity index (χ1n) is 9.16. The zero-order valence-corrected chi connectivity index (χ0v) is 15.0. The molecule has 5 N–H and O–H groups in total. The van der Waals surface area contributed by atoms with Crippen molar-refractivity contribution in [3.63, 3.8) is 0 Å². The maximum Gasteiger partial charge on any atom is 0.303 e. The first-order chi connectivity index (χ1) is 12.8. The Bertz CT molecular complexity index is 533. The lowest BCUT2D eigenvalue weighted by atomic mass is 9.89. The third-order valence-electron chi connectivity index (χ3n) is 5.15. The van der Waals surface area contributed by atoms with Crippen LogP contribution < -0.4 is 0 Å². The van der Waals surface area contributed by atoms with E-state index in [0.29, 0.717) is 25.7 Å². The number of hydrogen-bond acceptors (Lipinski definition) is 8. The summed E-state index contributed by atoms with van der Waals surface area (Å²) in [6.45, 7) is -0.353. The van der Waals surface area contributed by atoms with Crippen molar-refractivity contribution in [3.05, 3.63) is 12.2 Å². The van der Waals surface area contributed by atoms with E-state index in [1.165, 1.54) is 0 Å². The van der Waals surface area contributed by atoms with Gasteiger partial charge in [-0.05, 0) is 25.2 Å². The van der Waals surface area contributed by atoms with Crippen LogP contribution in [0.2, 0.25) is 0 Å². The zero-order chi connectivity index (χ0) is 20.0. The highest BCUT2D eigenvalue weighted by molar-refractivity contribution is 5.84. The van der Waals surface area contributed by atoms with Crippen LogP contribution in [0.5, 0.6) is 0 Å². The Balaban J connectivity index is 1.73. The molecule has 0 aromatic rings. The van der Waals surface area contributed by atoms with Gasteiger partial charge < -0.3 is 35.0 Å². The number of hydrogen-bond donors (Lipinski definition) is 5. The Labute approximate surface area is 157 Å². The maximum absolute atomic E-state index is 11.9. The van der Waals surface area contributed by atoms with Crippen LogP contribution in [-0.4, -0.2) is 81.2 Å². The van der Waals surface area contributed by atoms with Crippen LogP contribution in [0, 0.1) is 11.8 Å². The van der Waals surface area contributed by atoms with Crippen molar-refractivity contribution in [3.8, 4) is 0 Å². The molecule has 0 bridgehead atoms. The number of ketones is 1. The van der Waals surface area contributed by atoms with Gasteiger partial charge >= 0.3 is 5.97 Å². The van der Waals surface area contributed by atoms with Crippen LogP contribution in [-0.2, 0) is 19.1 Å². The highest BCUT2D eigenvalue weighted by Gasteiger charge is 2.43. The average molecular weight is 388 g/mol. The summed E-state index contributed by atoms with van der Waals surface area (Å²) in [5, 5.41) is 47.3. The number of carbonyl (C=O) groups excluding carboxylic acids is 1. The topological polar surface area (TPSA) is 154 Å². The van der Waals surface area contributed by atoms with Crippen molar-refractivity contribution in [1.82, 2.24) is 0 Å². The van der Waals surface area contributed by atoms with E-state index < -0.39 is 43.3 Å². The summed E-state index contributed by atoms with van der Waals surface area (Å²) in [5.74, 6) is -1.17. The molecule has 0 radical (unpaired) electrons. The molecule has 0 unspecified atom stereocenters. The number of Topliss-reactive ketones (excluding diaryl/α,β-unsaturated/α-hetero) is 1. The second kappa shape index (κ2) is 10.3. The van der Waals surface area contributed by atoms with Crippen LogP contribution in [0.3, 0.4) is 0 Å². The number of aliphatic hydroxyl groups is 4. The molecule has 7 atom stereocenters.